The van der Waals surface area contributed by atoms with Crippen molar-refractivity contribution in [3.8, 4) is 0 Å². The Bertz CT molecular complexity index is 646. The van der Waals surface area contributed by atoms with Crippen LogP contribution in [-0.2, 0) is 9.53 Å². The van der Waals surface area contributed by atoms with E-state index < -0.39 is 42.9 Å². The summed E-state index contributed by atoms with van der Waals surface area (Å²) in [6.45, 7) is -1.09. The number of rotatable bonds is 3. The van der Waals surface area contributed by atoms with E-state index in [1.54, 1.807) is 0 Å². The van der Waals surface area contributed by atoms with Gasteiger partial charge in [-0.3, -0.25) is 0 Å². The fourth-order valence-corrected chi connectivity index (χ4v) is 0.537. The van der Waals surface area contributed by atoms with Crippen LogP contribution in [0.1, 0.15) is 16.5 Å². The molecule has 2 nitrogen and oxygen atoms in total. The van der Waals surface area contributed by atoms with Gasteiger partial charge in [0.05, 0.1) is 15.8 Å². The highest BCUT2D eigenvalue weighted by Gasteiger charge is 1.88. The van der Waals surface area contributed by atoms with Crippen LogP contribution in [-0.4, -0.2) is 5.97 Å². The lowest BCUT2D eigenvalue weighted by atomic mass is 10.2. The largest absolute Gasteiger partial charge is 0.431 e. The molecule has 0 radical (unpaired) electrons. The summed E-state index contributed by atoms with van der Waals surface area (Å²) in [5, 5.41) is 0. The number of hydrogen-bond acceptors (Lipinski definition) is 2. The highest BCUT2D eigenvalue weighted by molar-refractivity contribution is 5.82. The first-order valence-electron chi connectivity index (χ1n) is 7.27. The van der Waals surface area contributed by atoms with E-state index in [1.165, 1.54) is 12.1 Å². The summed E-state index contributed by atoms with van der Waals surface area (Å²) in [5.41, 5.74) is -0.179. The molecule has 1 aromatic rings. The zero-order valence-corrected chi connectivity index (χ0v) is 6.47. The summed E-state index contributed by atoms with van der Waals surface area (Å²) in [5.74, 6) is -1.43. The predicted octanol–water partition coefficient (Wildman–Crippen LogP) is 2.39. The van der Waals surface area contributed by atoms with Gasteiger partial charge in [0, 0.05) is 6.05 Å². The zero-order valence-electron chi connectivity index (χ0n) is 14.5. The van der Waals surface area contributed by atoms with Crippen molar-refractivity contribution < 1.29 is 20.5 Å². The van der Waals surface area contributed by atoms with Crippen molar-refractivity contribution >= 4 is 12.0 Å². The first-order valence-corrected chi connectivity index (χ1v) is 3.27. The molecule has 13 heavy (non-hydrogen) atoms. The molecule has 0 aliphatic heterocycles. The quantitative estimate of drug-likeness (QED) is 0.407. The minimum Gasteiger partial charge on any atom is -0.431 e. The third kappa shape index (κ3) is 3.38. The van der Waals surface area contributed by atoms with Gasteiger partial charge in [0.25, 0.3) is 0 Å². The van der Waals surface area contributed by atoms with Gasteiger partial charge in [0.2, 0.25) is 0 Å². The van der Waals surface area contributed by atoms with Crippen LogP contribution in [0.5, 0.6) is 0 Å². The molecule has 0 amide bonds. The highest BCUT2D eigenvalue weighted by Crippen LogP contribution is 2.00. The number of ether oxygens (including phenoxy) is 1. The van der Waals surface area contributed by atoms with Crippen molar-refractivity contribution in [3.63, 3.8) is 0 Å². The molecule has 0 atom stereocenters. The molecule has 1 aromatic carbocycles. The Hall–Kier alpha value is -1.83. The van der Waals surface area contributed by atoms with E-state index in [4.69, 9.17) is 11.0 Å². The van der Waals surface area contributed by atoms with Gasteiger partial charge >= 0.3 is 5.97 Å². The molecule has 2 heteroatoms. The maximum atomic E-state index is 11.3. The second-order valence-corrected chi connectivity index (χ2v) is 1.88. The summed E-state index contributed by atoms with van der Waals surface area (Å²) in [6, 6.07) is -0.516. The molecule has 0 bridgehead atoms. The molecule has 66 valence electrons. The number of carbonyl (C=O) groups is 1. The van der Waals surface area contributed by atoms with Crippen LogP contribution in [0, 0.1) is 0 Å². The summed E-state index contributed by atoms with van der Waals surface area (Å²) in [6.07, 6.45) is -0.975. The van der Waals surface area contributed by atoms with E-state index in [0.717, 1.165) is 0 Å². The van der Waals surface area contributed by atoms with Gasteiger partial charge in [0.1, 0.15) is 1.37 Å². The summed E-state index contributed by atoms with van der Waals surface area (Å²) < 4.78 is 62.4. The lowest BCUT2D eigenvalue weighted by Gasteiger charge is -1.92. The van der Waals surface area contributed by atoms with Crippen LogP contribution in [0.4, 0.5) is 0 Å². The van der Waals surface area contributed by atoms with Gasteiger partial charge in [-0.15, -0.1) is 0 Å². The Kier molecular flexibility index (Phi) is 1.19. The molecule has 0 aliphatic rings. The maximum Gasteiger partial charge on any atom is 0.334 e. The number of hydrogen-bond donors (Lipinski definition) is 0. The third-order valence-electron chi connectivity index (χ3n) is 1.03. The van der Waals surface area contributed by atoms with Gasteiger partial charge in [-0.25, -0.2) is 4.79 Å². The number of esters is 1. The van der Waals surface area contributed by atoms with E-state index in [1.807, 2.05) is 0 Å². The van der Waals surface area contributed by atoms with Crippen molar-refractivity contribution in [2.75, 3.05) is 0 Å². The smallest absolute Gasteiger partial charge is 0.334 e. The maximum absolute atomic E-state index is 11.3. The Morgan fingerprint density at radius 2 is 2.69 bits per heavy atom. The summed E-state index contributed by atoms with van der Waals surface area (Å²) >= 11 is 0. The lowest BCUT2D eigenvalue weighted by molar-refractivity contribution is -0.132. The second-order valence-electron chi connectivity index (χ2n) is 1.88. The summed E-state index contributed by atoms with van der Waals surface area (Å²) in [4.78, 5) is 11.3. The van der Waals surface area contributed by atoms with Crippen LogP contribution in [0.15, 0.2) is 49.1 Å². The monoisotopic (exact) mass is 182 g/mol. The fourth-order valence-electron chi connectivity index (χ4n) is 0.537. The molecule has 0 saturated heterocycles. The molecule has 0 unspecified atom stereocenters. The zero-order chi connectivity index (χ0) is 16.3. The van der Waals surface area contributed by atoms with Crippen LogP contribution in [0.3, 0.4) is 0 Å². The van der Waals surface area contributed by atoms with Gasteiger partial charge in [-0.05, 0) is 11.6 Å². The van der Waals surface area contributed by atoms with Crippen LogP contribution >= 0.6 is 0 Å². The van der Waals surface area contributed by atoms with E-state index >= 15 is 0 Å². The minimum absolute atomic E-state index is 0.179. The molecule has 0 heterocycles. The average molecular weight is 182 g/mol. The van der Waals surface area contributed by atoms with Crippen molar-refractivity contribution in [3.05, 3.63) is 54.6 Å². The Morgan fingerprint density at radius 3 is 3.54 bits per heavy atom. The average Bonchev–Trinajstić information content (AvgIpc) is 2.43. The van der Waals surface area contributed by atoms with Crippen LogP contribution in [0.25, 0.3) is 6.05 Å². The van der Waals surface area contributed by atoms with Gasteiger partial charge in [0.15, 0.2) is 0 Å². The van der Waals surface area contributed by atoms with Gasteiger partial charge < -0.3 is 4.74 Å². The summed E-state index contributed by atoms with van der Waals surface area (Å²) in [7, 11) is 0. The normalized spacial score (nSPS) is 19.7. The Balaban J connectivity index is 3.17. The molecule has 0 saturated carbocycles. The first kappa shape index (κ1) is 3.14. The topological polar surface area (TPSA) is 26.3 Å². The van der Waals surface area contributed by atoms with E-state index in [0.29, 0.717) is 0 Å². The van der Waals surface area contributed by atoms with E-state index in [2.05, 4.69) is 4.74 Å². The van der Waals surface area contributed by atoms with E-state index in [-0.39, 0.29) is 11.6 Å². The second kappa shape index (κ2) is 4.93. The minimum atomic E-state index is -1.43. The third-order valence-corrected chi connectivity index (χ3v) is 1.03. The van der Waals surface area contributed by atoms with Crippen molar-refractivity contribution in [2.45, 2.75) is 0 Å². The van der Waals surface area contributed by atoms with Crippen molar-refractivity contribution in [1.29, 1.82) is 0 Å². The van der Waals surface area contributed by atoms with Crippen LogP contribution < -0.4 is 0 Å². The van der Waals surface area contributed by atoms with Crippen molar-refractivity contribution in [2.24, 2.45) is 0 Å². The molecular weight excluding hydrogens is 164 g/mol. The molecule has 0 spiro atoms. The SMILES string of the molecule is [2H]C([2H])=C([2H])C(=O)OC([2H])=C([2H])c1ccc([2H])c([2H])c1[2H]. The van der Waals surface area contributed by atoms with E-state index in [9.17, 15) is 4.79 Å². The van der Waals surface area contributed by atoms with Crippen molar-refractivity contribution in [1.82, 2.24) is 0 Å². The Morgan fingerprint density at radius 1 is 1.77 bits per heavy atom. The Labute approximate surface area is 88.4 Å². The molecular formula is C11H10O2. The lowest BCUT2D eigenvalue weighted by Crippen LogP contribution is -1.91. The highest BCUT2D eigenvalue weighted by atomic mass is 16.5. The first-order chi connectivity index (χ1) is 9.66. The molecule has 1 rings (SSSR count). The van der Waals surface area contributed by atoms with Gasteiger partial charge in [-0.2, -0.15) is 0 Å². The molecule has 0 aromatic heterocycles. The standard InChI is InChI=1S/C11H10O2/c1-2-11(12)13-9-8-10-6-4-3-5-7-10/h2-9H,1H2/i1D2,2D,3D,4D,6D,8D,9D. The fraction of sp³-hybridized carbons (Fsp3) is 0. The number of benzene rings is 1. The molecule has 0 fully saturated rings. The van der Waals surface area contributed by atoms with Gasteiger partial charge in [-0.1, -0.05) is 36.8 Å². The molecule has 0 N–H and O–H groups in total. The predicted molar refractivity (Wildman–Crippen MR) is 51.8 cm³/mol. The molecule has 0 aliphatic carbocycles. The van der Waals surface area contributed by atoms with Crippen LogP contribution in [0.2, 0.25) is 0 Å². The number of carbonyl (C=O) groups excluding carboxylic acids is 1.